The topological polar surface area (TPSA) is 38.3 Å². The number of hydrogen-bond donors (Lipinski definition) is 1. The number of anilines is 1. The quantitative estimate of drug-likeness (QED) is 0.818. The molecule has 0 aromatic heterocycles. The molecule has 3 heteroatoms. The Balaban J connectivity index is 2.18. The minimum Gasteiger partial charge on any atom is -0.497 e. The van der Waals surface area contributed by atoms with Crippen LogP contribution < -0.4 is 10.1 Å². The molecule has 92 valence electrons. The van der Waals surface area contributed by atoms with Crippen LogP contribution in [0.4, 0.5) is 5.69 Å². The van der Waals surface area contributed by atoms with E-state index in [1.54, 1.807) is 7.11 Å². The van der Waals surface area contributed by atoms with Gasteiger partial charge in [0.15, 0.2) is 0 Å². The fraction of sp³-hybridized carbons (Fsp3) is 0.133. The van der Waals surface area contributed by atoms with Crippen LogP contribution in [-0.2, 0) is 4.79 Å². The first-order valence-corrected chi connectivity index (χ1v) is 5.74. The highest BCUT2D eigenvalue weighted by atomic mass is 16.5. The molecule has 0 amide bonds. The molecule has 1 atom stereocenters. The van der Waals surface area contributed by atoms with Gasteiger partial charge in [-0.2, -0.15) is 0 Å². The maximum Gasteiger partial charge on any atom is 0.146 e. The summed E-state index contributed by atoms with van der Waals surface area (Å²) in [6, 6.07) is 16.8. The largest absolute Gasteiger partial charge is 0.497 e. The summed E-state index contributed by atoms with van der Waals surface area (Å²) in [6.45, 7) is 0. The van der Waals surface area contributed by atoms with Crippen molar-refractivity contribution in [3.05, 3.63) is 60.2 Å². The van der Waals surface area contributed by atoms with Gasteiger partial charge >= 0.3 is 0 Å². The number of aldehydes is 1. The summed E-state index contributed by atoms with van der Waals surface area (Å²) in [5.41, 5.74) is 1.80. The van der Waals surface area contributed by atoms with Crippen LogP contribution in [0.1, 0.15) is 11.6 Å². The van der Waals surface area contributed by atoms with E-state index >= 15 is 0 Å². The lowest BCUT2D eigenvalue weighted by atomic mass is 10.1. The summed E-state index contributed by atoms with van der Waals surface area (Å²) in [5, 5.41) is 3.17. The van der Waals surface area contributed by atoms with Crippen molar-refractivity contribution in [3.63, 3.8) is 0 Å². The molecule has 0 saturated heterocycles. The smallest absolute Gasteiger partial charge is 0.146 e. The van der Waals surface area contributed by atoms with E-state index in [1.165, 1.54) is 0 Å². The lowest BCUT2D eigenvalue weighted by Crippen LogP contribution is -2.11. The van der Waals surface area contributed by atoms with E-state index in [4.69, 9.17) is 4.74 Å². The standard InChI is InChI=1S/C15H15NO2/c1-18-14-9-5-8-13(10-14)16-15(11-17)12-6-3-2-4-7-12/h2-11,15-16H,1H3. The molecular formula is C15H15NO2. The Hall–Kier alpha value is -2.29. The average Bonchev–Trinajstić information content (AvgIpc) is 2.46. The van der Waals surface area contributed by atoms with E-state index in [-0.39, 0.29) is 6.04 Å². The average molecular weight is 241 g/mol. The third kappa shape index (κ3) is 2.88. The lowest BCUT2D eigenvalue weighted by molar-refractivity contribution is -0.108. The Kier molecular flexibility index (Phi) is 3.97. The normalized spacial score (nSPS) is 11.6. The summed E-state index contributed by atoms with van der Waals surface area (Å²) in [7, 11) is 1.62. The monoisotopic (exact) mass is 241 g/mol. The number of carbonyl (C=O) groups is 1. The summed E-state index contributed by atoms with van der Waals surface area (Å²) < 4.78 is 5.15. The maximum atomic E-state index is 11.2. The molecular weight excluding hydrogens is 226 g/mol. The van der Waals surface area contributed by atoms with Crippen molar-refractivity contribution in [3.8, 4) is 5.75 Å². The molecule has 0 heterocycles. The second-order valence-corrected chi connectivity index (χ2v) is 3.90. The molecule has 2 rings (SSSR count). The van der Waals surface area contributed by atoms with Crippen molar-refractivity contribution in [1.82, 2.24) is 0 Å². The van der Waals surface area contributed by atoms with E-state index in [2.05, 4.69) is 5.32 Å². The third-order valence-corrected chi connectivity index (χ3v) is 2.69. The van der Waals surface area contributed by atoms with Crippen LogP contribution in [0.25, 0.3) is 0 Å². The molecule has 0 bridgehead atoms. The van der Waals surface area contributed by atoms with Gasteiger partial charge in [0.05, 0.1) is 7.11 Å². The third-order valence-electron chi connectivity index (χ3n) is 2.69. The van der Waals surface area contributed by atoms with Gasteiger partial charge in [-0.15, -0.1) is 0 Å². The summed E-state index contributed by atoms with van der Waals surface area (Å²) in [6.07, 6.45) is 0.898. The van der Waals surface area contributed by atoms with Crippen LogP contribution >= 0.6 is 0 Å². The fourth-order valence-corrected chi connectivity index (χ4v) is 1.75. The van der Waals surface area contributed by atoms with Gasteiger partial charge in [0.2, 0.25) is 0 Å². The zero-order chi connectivity index (χ0) is 12.8. The molecule has 0 fully saturated rings. The second kappa shape index (κ2) is 5.87. The highest BCUT2D eigenvalue weighted by Crippen LogP contribution is 2.21. The van der Waals surface area contributed by atoms with Gasteiger partial charge in [0, 0.05) is 11.8 Å². The van der Waals surface area contributed by atoms with Gasteiger partial charge < -0.3 is 14.8 Å². The van der Waals surface area contributed by atoms with Crippen LogP contribution in [0.3, 0.4) is 0 Å². The van der Waals surface area contributed by atoms with Crippen LogP contribution in [0.5, 0.6) is 5.75 Å². The highest BCUT2D eigenvalue weighted by Gasteiger charge is 2.09. The Morgan fingerprint density at radius 1 is 1.11 bits per heavy atom. The molecule has 18 heavy (non-hydrogen) atoms. The second-order valence-electron chi connectivity index (χ2n) is 3.90. The SMILES string of the molecule is COc1cccc(NC(C=O)c2ccccc2)c1. The summed E-state index contributed by atoms with van der Waals surface area (Å²) in [5.74, 6) is 0.762. The van der Waals surface area contributed by atoms with Gasteiger partial charge in [-0.05, 0) is 17.7 Å². The molecule has 0 radical (unpaired) electrons. The fourth-order valence-electron chi connectivity index (χ4n) is 1.75. The number of ether oxygens (including phenoxy) is 1. The minimum atomic E-state index is -0.349. The first-order chi connectivity index (χ1) is 8.83. The van der Waals surface area contributed by atoms with E-state index in [0.29, 0.717) is 0 Å². The summed E-state index contributed by atoms with van der Waals surface area (Å²) in [4.78, 5) is 11.2. The maximum absolute atomic E-state index is 11.2. The van der Waals surface area contributed by atoms with E-state index in [9.17, 15) is 4.79 Å². The van der Waals surface area contributed by atoms with Crippen molar-refractivity contribution < 1.29 is 9.53 Å². The van der Waals surface area contributed by atoms with E-state index in [0.717, 1.165) is 23.3 Å². The molecule has 0 aliphatic heterocycles. The number of nitrogens with one attached hydrogen (secondary N) is 1. The van der Waals surface area contributed by atoms with Gasteiger partial charge in [-0.3, -0.25) is 0 Å². The van der Waals surface area contributed by atoms with Crippen LogP contribution in [0.15, 0.2) is 54.6 Å². The molecule has 1 unspecified atom stereocenters. The van der Waals surface area contributed by atoms with Gasteiger partial charge in [0.25, 0.3) is 0 Å². The van der Waals surface area contributed by atoms with Crippen molar-refractivity contribution in [2.75, 3.05) is 12.4 Å². The van der Waals surface area contributed by atoms with Gasteiger partial charge in [-0.1, -0.05) is 36.4 Å². The van der Waals surface area contributed by atoms with Crippen molar-refractivity contribution in [1.29, 1.82) is 0 Å². The van der Waals surface area contributed by atoms with E-state index in [1.807, 2.05) is 54.6 Å². The molecule has 0 saturated carbocycles. The first kappa shape index (κ1) is 12.2. The molecule has 2 aromatic carbocycles. The van der Waals surface area contributed by atoms with Crippen molar-refractivity contribution in [2.24, 2.45) is 0 Å². The number of methoxy groups -OCH3 is 1. The van der Waals surface area contributed by atoms with E-state index < -0.39 is 0 Å². The van der Waals surface area contributed by atoms with Gasteiger partial charge in [-0.25, -0.2) is 0 Å². The Morgan fingerprint density at radius 3 is 2.56 bits per heavy atom. The van der Waals surface area contributed by atoms with Crippen molar-refractivity contribution >= 4 is 12.0 Å². The Bertz CT molecular complexity index is 511. The van der Waals surface area contributed by atoms with Crippen LogP contribution in [-0.4, -0.2) is 13.4 Å². The lowest BCUT2D eigenvalue weighted by Gasteiger charge is -2.15. The highest BCUT2D eigenvalue weighted by molar-refractivity contribution is 5.67. The summed E-state index contributed by atoms with van der Waals surface area (Å²) >= 11 is 0. The number of hydrogen-bond acceptors (Lipinski definition) is 3. The molecule has 0 aliphatic rings. The Morgan fingerprint density at radius 2 is 1.89 bits per heavy atom. The Labute approximate surface area is 106 Å². The molecule has 3 nitrogen and oxygen atoms in total. The molecule has 2 aromatic rings. The number of carbonyl (C=O) groups excluding carboxylic acids is 1. The van der Waals surface area contributed by atoms with Crippen molar-refractivity contribution in [2.45, 2.75) is 6.04 Å². The van der Waals surface area contributed by atoms with Crippen LogP contribution in [0.2, 0.25) is 0 Å². The molecule has 0 spiro atoms. The number of benzene rings is 2. The minimum absolute atomic E-state index is 0.349. The predicted octanol–water partition coefficient (Wildman–Crippen LogP) is 3.05. The predicted molar refractivity (Wildman–Crippen MR) is 71.9 cm³/mol. The zero-order valence-electron chi connectivity index (χ0n) is 10.2. The zero-order valence-corrected chi connectivity index (χ0v) is 10.2. The molecule has 0 aliphatic carbocycles. The molecule has 1 N–H and O–H groups in total. The van der Waals surface area contributed by atoms with Crippen LogP contribution in [0, 0.1) is 0 Å². The first-order valence-electron chi connectivity index (χ1n) is 5.74. The van der Waals surface area contributed by atoms with Gasteiger partial charge in [0.1, 0.15) is 18.1 Å². The number of rotatable bonds is 5.